The van der Waals surface area contributed by atoms with E-state index >= 15 is 0 Å². The lowest BCUT2D eigenvalue weighted by Crippen LogP contribution is -2.39. The second-order valence-electron chi connectivity index (χ2n) is 6.14. The maximum absolute atomic E-state index is 12.2. The molecule has 0 unspecified atom stereocenters. The number of sulfonamides is 1. The quantitative estimate of drug-likeness (QED) is 0.603. The summed E-state index contributed by atoms with van der Waals surface area (Å²) in [6, 6.07) is 3.84. The molecule has 0 atom stereocenters. The zero-order valence-corrected chi connectivity index (χ0v) is 15.8. The highest BCUT2D eigenvalue weighted by Gasteiger charge is 2.19. The molecule has 0 spiro atoms. The van der Waals surface area contributed by atoms with Gasteiger partial charge in [0.1, 0.15) is 0 Å². The van der Waals surface area contributed by atoms with E-state index < -0.39 is 10.0 Å². The van der Waals surface area contributed by atoms with Gasteiger partial charge in [-0.1, -0.05) is 0 Å². The lowest BCUT2D eigenvalue weighted by Gasteiger charge is -2.23. The number of amides is 1. The summed E-state index contributed by atoms with van der Waals surface area (Å²) in [5, 5.41) is 0. The number of carbonyl (C=O) groups is 1. The van der Waals surface area contributed by atoms with Crippen molar-refractivity contribution < 1.29 is 13.2 Å². The Morgan fingerprint density at radius 2 is 1.67 bits per heavy atom. The predicted molar refractivity (Wildman–Crippen MR) is 95.2 cm³/mol. The van der Waals surface area contributed by atoms with E-state index in [1.165, 1.54) is 10.6 Å². The van der Waals surface area contributed by atoms with Gasteiger partial charge in [0, 0.05) is 52.0 Å². The van der Waals surface area contributed by atoms with Crippen molar-refractivity contribution in [1.29, 1.82) is 0 Å². The summed E-state index contributed by atoms with van der Waals surface area (Å²) >= 11 is 0. The molecule has 0 N–H and O–H groups in total. The van der Waals surface area contributed by atoms with E-state index in [-0.39, 0.29) is 18.9 Å². The average Bonchev–Trinajstić information content (AvgIpc) is 2.51. The first-order valence-electron chi connectivity index (χ1n) is 7.93. The van der Waals surface area contributed by atoms with Crippen LogP contribution in [0, 0.1) is 0 Å². The molecule has 0 aromatic carbocycles. The minimum Gasteiger partial charge on any atom is -0.345 e. The molecule has 24 heavy (non-hydrogen) atoms. The standard InChI is InChI=1S/C16H28N4O3S/c1-18(2)13-14-20(24(4,22)23)12-8-16(21)19(3)11-7-15-5-9-17-10-6-15/h5-6,9-10H,7-8,11-14H2,1-4H3. The molecule has 1 aromatic heterocycles. The minimum absolute atomic E-state index is 0.0532. The fourth-order valence-electron chi connectivity index (χ4n) is 2.14. The van der Waals surface area contributed by atoms with Crippen molar-refractivity contribution in [3.05, 3.63) is 30.1 Å². The first-order chi connectivity index (χ1) is 11.2. The van der Waals surface area contributed by atoms with Crippen LogP contribution in [0.15, 0.2) is 24.5 Å². The number of hydrogen-bond acceptors (Lipinski definition) is 5. The second-order valence-corrected chi connectivity index (χ2v) is 8.12. The van der Waals surface area contributed by atoms with Crippen molar-refractivity contribution in [3.63, 3.8) is 0 Å². The molecule has 1 amide bonds. The third kappa shape index (κ3) is 7.85. The van der Waals surface area contributed by atoms with Gasteiger partial charge in [-0.2, -0.15) is 0 Å². The summed E-state index contributed by atoms with van der Waals surface area (Å²) in [5.74, 6) is -0.0532. The number of likely N-dealkylation sites (N-methyl/N-ethyl adjacent to an activating group) is 2. The molecule has 1 heterocycles. The van der Waals surface area contributed by atoms with Gasteiger partial charge in [-0.05, 0) is 38.2 Å². The van der Waals surface area contributed by atoms with E-state index in [1.54, 1.807) is 24.3 Å². The smallest absolute Gasteiger partial charge is 0.223 e. The van der Waals surface area contributed by atoms with Gasteiger partial charge in [-0.25, -0.2) is 12.7 Å². The molecular weight excluding hydrogens is 328 g/mol. The normalized spacial score (nSPS) is 11.9. The maximum atomic E-state index is 12.2. The molecule has 0 saturated carbocycles. The first kappa shape index (κ1) is 20.5. The highest BCUT2D eigenvalue weighted by atomic mass is 32.2. The number of nitrogens with zero attached hydrogens (tertiary/aromatic N) is 4. The fraction of sp³-hybridized carbons (Fsp3) is 0.625. The highest BCUT2D eigenvalue weighted by molar-refractivity contribution is 7.88. The van der Waals surface area contributed by atoms with Gasteiger partial charge in [0.2, 0.25) is 15.9 Å². The van der Waals surface area contributed by atoms with Gasteiger partial charge < -0.3 is 9.80 Å². The van der Waals surface area contributed by atoms with Crippen LogP contribution in [0.5, 0.6) is 0 Å². The lowest BCUT2D eigenvalue weighted by molar-refractivity contribution is -0.130. The zero-order chi connectivity index (χ0) is 18.2. The number of pyridine rings is 1. The summed E-state index contributed by atoms with van der Waals surface area (Å²) < 4.78 is 25.0. The van der Waals surface area contributed by atoms with Crippen LogP contribution >= 0.6 is 0 Å². The van der Waals surface area contributed by atoms with E-state index in [2.05, 4.69) is 4.98 Å². The Balaban J connectivity index is 2.46. The SMILES string of the molecule is CN(C)CCN(CCC(=O)N(C)CCc1ccncc1)S(C)(=O)=O. The summed E-state index contributed by atoms with van der Waals surface area (Å²) in [6.07, 6.45) is 5.58. The van der Waals surface area contributed by atoms with Crippen molar-refractivity contribution in [1.82, 2.24) is 19.1 Å². The van der Waals surface area contributed by atoms with Gasteiger partial charge in [0.05, 0.1) is 6.26 Å². The Kier molecular flexibility index (Phi) is 8.30. The molecule has 136 valence electrons. The molecule has 0 aliphatic carbocycles. The minimum atomic E-state index is -3.31. The Hall–Kier alpha value is -1.51. The van der Waals surface area contributed by atoms with Crippen LogP contribution in [0.4, 0.5) is 0 Å². The summed E-state index contributed by atoms with van der Waals surface area (Å²) in [6.45, 7) is 1.82. The molecule has 8 heteroatoms. The van der Waals surface area contributed by atoms with Crippen molar-refractivity contribution in [3.8, 4) is 0 Å². The van der Waals surface area contributed by atoms with Crippen molar-refractivity contribution >= 4 is 15.9 Å². The second kappa shape index (κ2) is 9.71. The topological polar surface area (TPSA) is 73.8 Å². The van der Waals surface area contributed by atoms with E-state index in [1.807, 2.05) is 31.1 Å². The number of hydrogen-bond donors (Lipinski definition) is 0. The molecule has 0 fully saturated rings. The monoisotopic (exact) mass is 356 g/mol. The molecule has 1 aromatic rings. The van der Waals surface area contributed by atoms with E-state index in [9.17, 15) is 13.2 Å². The zero-order valence-electron chi connectivity index (χ0n) is 15.0. The third-order valence-electron chi connectivity index (χ3n) is 3.75. The van der Waals surface area contributed by atoms with Crippen LogP contribution in [0.25, 0.3) is 0 Å². The summed E-state index contributed by atoms with van der Waals surface area (Å²) in [4.78, 5) is 19.7. The molecule has 0 aliphatic heterocycles. The average molecular weight is 356 g/mol. The van der Waals surface area contributed by atoms with Crippen molar-refractivity contribution in [2.45, 2.75) is 12.8 Å². The van der Waals surface area contributed by atoms with Gasteiger partial charge in [0.25, 0.3) is 0 Å². The molecular formula is C16H28N4O3S. The molecule has 7 nitrogen and oxygen atoms in total. The van der Waals surface area contributed by atoms with Crippen molar-refractivity contribution in [2.24, 2.45) is 0 Å². The molecule has 0 radical (unpaired) electrons. The Labute approximate surface area is 145 Å². The molecule has 0 saturated heterocycles. The van der Waals surface area contributed by atoms with Crippen LogP contribution in [-0.2, 0) is 21.2 Å². The van der Waals surface area contributed by atoms with Gasteiger partial charge in [-0.3, -0.25) is 9.78 Å². The number of rotatable bonds is 10. The molecule has 1 rings (SSSR count). The Morgan fingerprint density at radius 1 is 1.04 bits per heavy atom. The summed E-state index contributed by atoms with van der Waals surface area (Å²) in [5.41, 5.74) is 1.12. The summed E-state index contributed by atoms with van der Waals surface area (Å²) in [7, 11) is 2.21. The predicted octanol–water partition coefficient (Wildman–Crippen LogP) is 0.296. The van der Waals surface area contributed by atoms with Crippen LogP contribution in [0.1, 0.15) is 12.0 Å². The largest absolute Gasteiger partial charge is 0.345 e. The Bertz CT molecular complexity index is 605. The van der Waals surface area contributed by atoms with Crippen LogP contribution < -0.4 is 0 Å². The van der Waals surface area contributed by atoms with E-state index in [0.29, 0.717) is 19.6 Å². The highest BCUT2D eigenvalue weighted by Crippen LogP contribution is 2.04. The van der Waals surface area contributed by atoms with Crippen LogP contribution in [-0.4, -0.2) is 87.0 Å². The van der Waals surface area contributed by atoms with Gasteiger partial charge in [0.15, 0.2) is 0 Å². The first-order valence-corrected chi connectivity index (χ1v) is 9.77. The maximum Gasteiger partial charge on any atom is 0.223 e. The molecule has 0 bridgehead atoms. The Morgan fingerprint density at radius 3 is 2.21 bits per heavy atom. The molecule has 0 aliphatic rings. The fourth-order valence-corrected chi connectivity index (χ4v) is 2.97. The van der Waals surface area contributed by atoms with Gasteiger partial charge in [-0.15, -0.1) is 0 Å². The van der Waals surface area contributed by atoms with E-state index in [0.717, 1.165) is 12.0 Å². The van der Waals surface area contributed by atoms with E-state index in [4.69, 9.17) is 0 Å². The number of carbonyl (C=O) groups excluding carboxylic acids is 1. The van der Waals surface area contributed by atoms with Gasteiger partial charge >= 0.3 is 0 Å². The van der Waals surface area contributed by atoms with Crippen LogP contribution in [0.3, 0.4) is 0 Å². The van der Waals surface area contributed by atoms with Crippen molar-refractivity contribution in [2.75, 3.05) is 53.6 Å². The van der Waals surface area contributed by atoms with Crippen LogP contribution in [0.2, 0.25) is 0 Å². The lowest BCUT2D eigenvalue weighted by atomic mass is 10.2. The number of aromatic nitrogens is 1. The third-order valence-corrected chi connectivity index (χ3v) is 5.05.